The van der Waals surface area contributed by atoms with Crippen molar-refractivity contribution in [2.75, 3.05) is 14.2 Å². The zero-order valence-corrected chi connectivity index (χ0v) is 16.4. The molecule has 3 rings (SSSR count). The number of phenolic OH excluding ortho intramolecular Hbond substituents is 1. The van der Waals surface area contributed by atoms with Gasteiger partial charge >= 0.3 is 0 Å². The Kier molecular flexibility index (Phi) is 6.21. The maximum absolute atomic E-state index is 12.5. The molecular weight excluding hydrogens is 362 g/mol. The SMILES string of the molecule is COc1ccc(-c2nc(CNC(=O)[C@H]3CC[C@@H](N)[C@H](OC)C3)c(C)o2)cc1O. The Hall–Kier alpha value is -2.58. The summed E-state index contributed by atoms with van der Waals surface area (Å²) in [7, 11) is 3.11. The van der Waals surface area contributed by atoms with Gasteiger partial charge in [-0.05, 0) is 44.4 Å². The van der Waals surface area contributed by atoms with E-state index < -0.39 is 0 Å². The van der Waals surface area contributed by atoms with Crippen molar-refractivity contribution in [3.8, 4) is 23.0 Å². The second-order valence-corrected chi connectivity index (χ2v) is 7.07. The van der Waals surface area contributed by atoms with E-state index in [4.69, 9.17) is 19.6 Å². The molecule has 0 bridgehead atoms. The summed E-state index contributed by atoms with van der Waals surface area (Å²) < 4.78 is 16.1. The highest BCUT2D eigenvalue weighted by atomic mass is 16.5. The lowest BCUT2D eigenvalue weighted by atomic mass is 9.83. The van der Waals surface area contributed by atoms with Gasteiger partial charge in [0.25, 0.3) is 0 Å². The second kappa shape index (κ2) is 8.62. The number of aryl methyl sites for hydroxylation is 1. The molecule has 1 aliphatic carbocycles. The van der Waals surface area contributed by atoms with Crippen LogP contribution >= 0.6 is 0 Å². The van der Waals surface area contributed by atoms with Crippen molar-refractivity contribution in [2.24, 2.45) is 11.7 Å². The van der Waals surface area contributed by atoms with Crippen molar-refractivity contribution in [3.63, 3.8) is 0 Å². The van der Waals surface area contributed by atoms with Crippen LogP contribution in [0.4, 0.5) is 0 Å². The molecule has 0 spiro atoms. The number of methoxy groups -OCH3 is 2. The first-order valence-corrected chi connectivity index (χ1v) is 9.32. The van der Waals surface area contributed by atoms with Gasteiger partial charge in [0.1, 0.15) is 11.5 Å². The number of aromatic hydroxyl groups is 1. The molecule has 28 heavy (non-hydrogen) atoms. The van der Waals surface area contributed by atoms with Gasteiger partial charge in [0.05, 0.1) is 19.8 Å². The van der Waals surface area contributed by atoms with E-state index in [1.807, 2.05) is 0 Å². The maximum Gasteiger partial charge on any atom is 0.226 e. The normalized spacial score (nSPS) is 22.1. The molecule has 0 radical (unpaired) electrons. The first kappa shape index (κ1) is 20.2. The summed E-state index contributed by atoms with van der Waals surface area (Å²) >= 11 is 0. The molecule has 1 heterocycles. The Morgan fingerprint density at radius 2 is 2.18 bits per heavy atom. The van der Waals surface area contributed by atoms with Crippen molar-refractivity contribution in [3.05, 3.63) is 29.7 Å². The molecule has 4 N–H and O–H groups in total. The molecule has 1 aromatic heterocycles. The lowest BCUT2D eigenvalue weighted by Gasteiger charge is -2.32. The summed E-state index contributed by atoms with van der Waals surface area (Å²) in [6.07, 6.45) is 2.05. The number of rotatable bonds is 6. The molecule has 152 valence electrons. The van der Waals surface area contributed by atoms with Gasteiger partial charge in [0.15, 0.2) is 11.5 Å². The van der Waals surface area contributed by atoms with Gasteiger partial charge in [-0.2, -0.15) is 0 Å². The Morgan fingerprint density at radius 1 is 1.39 bits per heavy atom. The van der Waals surface area contributed by atoms with E-state index in [1.54, 1.807) is 26.2 Å². The van der Waals surface area contributed by atoms with Gasteiger partial charge in [-0.15, -0.1) is 0 Å². The van der Waals surface area contributed by atoms with Gasteiger partial charge in [-0.3, -0.25) is 4.79 Å². The number of carbonyl (C=O) groups is 1. The van der Waals surface area contributed by atoms with E-state index in [0.29, 0.717) is 35.1 Å². The standard InChI is InChI=1S/C20H27N3O5/c1-11-15(10-22-19(25)12-4-6-14(21)18(9-12)27-3)23-20(28-11)13-5-7-17(26-2)16(24)8-13/h5,7-8,12,14,18,24H,4,6,9-10,21H2,1-3H3,(H,22,25)/t12-,14+,18+/m0/s1. The largest absolute Gasteiger partial charge is 0.504 e. The smallest absolute Gasteiger partial charge is 0.226 e. The molecule has 1 amide bonds. The molecule has 1 saturated carbocycles. The van der Waals surface area contributed by atoms with Crippen LogP contribution in [-0.2, 0) is 16.1 Å². The number of amides is 1. The van der Waals surface area contributed by atoms with E-state index in [-0.39, 0.29) is 36.3 Å². The average Bonchev–Trinajstić information content (AvgIpc) is 3.07. The molecule has 0 unspecified atom stereocenters. The van der Waals surface area contributed by atoms with E-state index in [9.17, 15) is 9.90 Å². The molecule has 0 saturated heterocycles. The predicted molar refractivity (Wildman–Crippen MR) is 103 cm³/mol. The number of nitrogens with one attached hydrogen (secondary N) is 1. The van der Waals surface area contributed by atoms with Crippen LogP contribution in [0, 0.1) is 12.8 Å². The number of aromatic nitrogens is 1. The summed E-state index contributed by atoms with van der Waals surface area (Å²) in [4.78, 5) is 17.0. The summed E-state index contributed by atoms with van der Waals surface area (Å²) in [5.74, 6) is 1.23. The highest BCUT2D eigenvalue weighted by Crippen LogP contribution is 2.32. The quantitative estimate of drug-likeness (QED) is 0.692. The Morgan fingerprint density at radius 3 is 2.86 bits per heavy atom. The van der Waals surface area contributed by atoms with Crippen LogP contribution in [0.1, 0.15) is 30.7 Å². The molecule has 0 aliphatic heterocycles. The van der Waals surface area contributed by atoms with Crippen molar-refractivity contribution in [1.82, 2.24) is 10.3 Å². The fourth-order valence-electron chi connectivity index (χ4n) is 3.52. The zero-order valence-electron chi connectivity index (χ0n) is 16.4. The Labute approximate surface area is 164 Å². The third kappa shape index (κ3) is 4.28. The van der Waals surface area contributed by atoms with Crippen molar-refractivity contribution < 1.29 is 23.8 Å². The predicted octanol–water partition coefficient (Wildman–Crippen LogP) is 2.12. The molecule has 8 nitrogen and oxygen atoms in total. The lowest BCUT2D eigenvalue weighted by Crippen LogP contribution is -2.45. The maximum atomic E-state index is 12.5. The molecule has 3 atom stereocenters. The lowest BCUT2D eigenvalue weighted by molar-refractivity contribution is -0.128. The minimum absolute atomic E-state index is 0.00825. The van der Waals surface area contributed by atoms with Crippen LogP contribution in [0.3, 0.4) is 0 Å². The monoisotopic (exact) mass is 389 g/mol. The molecular formula is C20H27N3O5. The molecule has 1 fully saturated rings. The summed E-state index contributed by atoms with van der Waals surface area (Å²) in [5, 5.41) is 12.9. The van der Waals surface area contributed by atoms with Crippen LogP contribution in [0.25, 0.3) is 11.5 Å². The first-order chi connectivity index (χ1) is 13.4. The van der Waals surface area contributed by atoms with Crippen LogP contribution < -0.4 is 15.8 Å². The van der Waals surface area contributed by atoms with Gasteiger partial charge in [-0.1, -0.05) is 0 Å². The molecule has 8 heteroatoms. The minimum atomic E-state index is -0.116. The average molecular weight is 389 g/mol. The highest BCUT2D eigenvalue weighted by molar-refractivity contribution is 5.78. The fourth-order valence-corrected chi connectivity index (χ4v) is 3.52. The van der Waals surface area contributed by atoms with E-state index in [1.165, 1.54) is 13.2 Å². The number of oxazole rings is 1. The number of carbonyl (C=O) groups excluding carboxylic acids is 1. The number of nitrogens with two attached hydrogens (primary N) is 1. The van der Waals surface area contributed by atoms with Crippen molar-refractivity contribution in [1.29, 1.82) is 0 Å². The van der Waals surface area contributed by atoms with Gasteiger partial charge in [-0.25, -0.2) is 4.98 Å². The Bertz CT molecular complexity index is 835. The number of hydrogen-bond donors (Lipinski definition) is 3. The molecule has 2 aromatic rings. The minimum Gasteiger partial charge on any atom is -0.504 e. The van der Waals surface area contributed by atoms with E-state index in [0.717, 1.165) is 12.8 Å². The van der Waals surface area contributed by atoms with E-state index >= 15 is 0 Å². The number of nitrogens with zero attached hydrogens (tertiary/aromatic N) is 1. The van der Waals surface area contributed by atoms with Crippen LogP contribution in [0.15, 0.2) is 22.6 Å². The number of hydrogen-bond acceptors (Lipinski definition) is 7. The fraction of sp³-hybridized carbons (Fsp3) is 0.500. The zero-order chi connectivity index (χ0) is 20.3. The van der Waals surface area contributed by atoms with E-state index in [2.05, 4.69) is 10.3 Å². The molecule has 1 aromatic carbocycles. The van der Waals surface area contributed by atoms with Crippen molar-refractivity contribution in [2.45, 2.75) is 44.9 Å². The number of phenols is 1. The number of benzene rings is 1. The third-order valence-corrected chi connectivity index (χ3v) is 5.26. The van der Waals surface area contributed by atoms with Crippen LogP contribution in [0.2, 0.25) is 0 Å². The van der Waals surface area contributed by atoms with Gasteiger partial charge in [0.2, 0.25) is 11.8 Å². The Balaban J connectivity index is 1.64. The van der Waals surface area contributed by atoms with Gasteiger partial charge in [0, 0.05) is 24.6 Å². The highest BCUT2D eigenvalue weighted by Gasteiger charge is 2.32. The first-order valence-electron chi connectivity index (χ1n) is 9.32. The number of ether oxygens (including phenoxy) is 2. The summed E-state index contributed by atoms with van der Waals surface area (Å²) in [5.41, 5.74) is 7.29. The topological polar surface area (TPSA) is 120 Å². The van der Waals surface area contributed by atoms with Crippen LogP contribution in [-0.4, -0.2) is 42.4 Å². The van der Waals surface area contributed by atoms with Crippen LogP contribution in [0.5, 0.6) is 11.5 Å². The summed E-state index contributed by atoms with van der Waals surface area (Å²) in [6.45, 7) is 2.07. The molecule has 1 aliphatic rings. The van der Waals surface area contributed by atoms with Gasteiger partial charge < -0.3 is 30.0 Å². The third-order valence-electron chi connectivity index (χ3n) is 5.26. The second-order valence-electron chi connectivity index (χ2n) is 7.07. The summed E-state index contributed by atoms with van der Waals surface area (Å²) in [6, 6.07) is 4.91. The van der Waals surface area contributed by atoms with Crippen molar-refractivity contribution >= 4 is 5.91 Å².